The molecule has 4 heteroatoms. The third-order valence-corrected chi connectivity index (χ3v) is 4.70. The van der Waals surface area contributed by atoms with Crippen LogP contribution in [0.5, 0.6) is 0 Å². The van der Waals surface area contributed by atoms with Crippen LogP contribution in [0.2, 0.25) is 0 Å². The molecule has 1 amide bonds. The van der Waals surface area contributed by atoms with Gasteiger partial charge in [-0.1, -0.05) is 6.07 Å². The maximum atomic E-state index is 12.8. The van der Waals surface area contributed by atoms with Crippen molar-refractivity contribution in [2.45, 2.75) is 50.8 Å². The maximum absolute atomic E-state index is 12.8. The molecule has 1 N–H and O–H groups in total. The number of ether oxygens (including phenoxy) is 1. The lowest BCUT2D eigenvalue weighted by Gasteiger charge is -2.29. The number of carbonyl (C=O) groups is 1. The summed E-state index contributed by atoms with van der Waals surface area (Å²) in [6.45, 7) is 1.43. The van der Waals surface area contributed by atoms with Gasteiger partial charge < -0.3 is 14.6 Å². The fourth-order valence-electron chi connectivity index (χ4n) is 3.29. The highest BCUT2D eigenvalue weighted by atomic mass is 16.5. The van der Waals surface area contributed by atoms with Crippen molar-refractivity contribution in [2.24, 2.45) is 0 Å². The molecule has 1 saturated carbocycles. The fourth-order valence-corrected chi connectivity index (χ4v) is 3.29. The highest BCUT2D eigenvalue weighted by Gasteiger charge is 2.36. The first kappa shape index (κ1) is 13.8. The molecule has 1 aromatic carbocycles. The van der Waals surface area contributed by atoms with Crippen molar-refractivity contribution in [2.75, 3.05) is 6.61 Å². The normalized spacial score (nSPS) is 21.9. The van der Waals surface area contributed by atoms with E-state index in [1.54, 1.807) is 0 Å². The van der Waals surface area contributed by atoms with Crippen molar-refractivity contribution in [3.63, 3.8) is 0 Å². The SMILES string of the molecule is O=C([C@H]1CCCCO1)N(Cc1ccc2[nH]ccc2c1)C1CC1. The van der Waals surface area contributed by atoms with Gasteiger partial charge in [0.15, 0.2) is 0 Å². The minimum atomic E-state index is -0.217. The molecule has 4 rings (SSSR count). The number of aromatic amines is 1. The van der Waals surface area contributed by atoms with E-state index < -0.39 is 0 Å². The van der Waals surface area contributed by atoms with E-state index in [1.807, 2.05) is 11.1 Å². The number of aromatic nitrogens is 1. The van der Waals surface area contributed by atoms with E-state index in [4.69, 9.17) is 4.74 Å². The van der Waals surface area contributed by atoms with Crippen molar-refractivity contribution < 1.29 is 9.53 Å². The lowest BCUT2D eigenvalue weighted by Crippen LogP contribution is -2.42. The number of rotatable bonds is 4. The Morgan fingerprint density at radius 1 is 1.23 bits per heavy atom. The van der Waals surface area contributed by atoms with E-state index in [2.05, 4.69) is 29.2 Å². The van der Waals surface area contributed by atoms with Gasteiger partial charge in [-0.25, -0.2) is 0 Å². The average molecular weight is 298 g/mol. The molecule has 0 spiro atoms. The highest BCUT2D eigenvalue weighted by molar-refractivity contribution is 5.82. The molecule has 2 aliphatic rings. The number of nitrogens with one attached hydrogen (secondary N) is 1. The number of benzene rings is 1. The molecule has 1 aliphatic carbocycles. The Bertz CT molecular complexity index is 669. The maximum Gasteiger partial charge on any atom is 0.252 e. The minimum absolute atomic E-state index is 0.191. The minimum Gasteiger partial charge on any atom is -0.368 e. The van der Waals surface area contributed by atoms with Crippen LogP contribution in [0.4, 0.5) is 0 Å². The lowest BCUT2D eigenvalue weighted by atomic mass is 10.1. The summed E-state index contributed by atoms with van der Waals surface area (Å²) in [5.41, 5.74) is 2.34. The van der Waals surface area contributed by atoms with Crippen LogP contribution in [0.3, 0.4) is 0 Å². The number of amides is 1. The number of fused-ring (bicyclic) bond motifs is 1. The molecule has 2 heterocycles. The van der Waals surface area contributed by atoms with Gasteiger partial charge in [0.2, 0.25) is 0 Å². The standard InChI is InChI=1S/C18H22N2O2/c21-18(17-3-1-2-10-22-17)20(15-5-6-15)12-13-4-7-16-14(11-13)8-9-19-16/h4,7-9,11,15,17,19H,1-3,5-6,10,12H2/t17-/m1/s1. The molecule has 116 valence electrons. The molecule has 0 unspecified atom stereocenters. The molecule has 0 radical (unpaired) electrons. The first-order chi connectivity index (χ1) is 10.8. The van der Waals surface area contributed by atoms with E-state index in [-0.39, 0.29) is 12.0 Å². The number of carbonyl (C=O) groups excluding carboxylic acids is 1. The quantitative estimate of drug-likeness (QED) is 0.942. The van der Waals surface area contributed by atoms with Crippen LogP contribution in [0.1, 0.15) is 37.7 Å². The largest absolute Gasteiger partial charge is 0.368 e. The van der Waals surface area contributed by atoms with Gasteiger partial charge in [-0.3, -0.25) is 4.79 Å². The summed E-state index contributed by atoms with van der Waals surface area (Å²) in [5, 5.41) is 1.20. The summed E-state index contributed by atoms with van der Waals surface area (Å²) < 4.78 is 5.70. The smallest absolute Gasteiger partial charge is 0.252 e. The zero-order valence-corrected chi connectivity index (χ0v) is 12.8. The summed E-state index contributed by atoms with van der Waals surface area (Å²) in [6, 6.07) is 8.88. The molecule has 1 aromatic heterocycles. The summed E-state index contributed by atoms with van der Waals surface area (Å²) in [4.78, 5) is 18.0. The molecule has 1 atom stereocenters. The monoisotopic (exact) mass is 298 g/mol. The predicted octanol–water partition coefficient (Wildman–Crippen LogP) is 3.23. The van der Waals surface area contributed by atoms with Gasteiger partial charge in [0.25, 0.3) is 5.91 Å². The van der Waals surface area contributed by atoms with E-state index in [9.17, 15) is 4.79 Å². The van der Waals surface area contributed by atoms with E-state index in [0.717, 1.165) is 44.2 Å². The van der Waals surface area contributed by atoms with Crippen LogP contribution < -0.4 is 0 Å². The van der Waals surface area contributed by atoms with Gasteiger partial charge in [0.05, 0.1) is 0 Å². The third-order valence-electron chi connectivity index (χ3n) is 4.70. The molecule has 1 saturated heterocycles. The third kappa shape index (κ3) is 2.75. The summed E-state index contributed by atoms with van der Waals surface area (Å²) in [6.07, 6.45) is 7.05. The van der Waals surface area contributed by atoms with Crippen molar-refractivity contribution >= 4 is 16.8 Å². The number of hydrogen-bond acceptors (Lipinski definition) is 2. The van der Waals surface area contributed by atoms with Crippen LogP contribution in [-0.2, 0) is 16.1 Å². The Morgan fingerprint density at radius 3 is 2.91 bits per heavy atom. The molecular weight excluding hydrogens is 276 g/mol. The van der Waals surface area contributed by atoms with Gasteiger partial charge in [-0.15, -0.1) is 0 Å². The Morgan fingerprint density at radius 2 is 2.14 bits per heavy atom. The number of H-pyrrole nitrogens is 1. The highest BCUT2D eigenvalue weighted by Crippen LogP contribution is 2.31. The Balaban J connectivity index is 1.52. The fraction of sp³-hybridized carbons (Fsp3) is 0.500. The first-order valence-electron chi connectivity index (χ1n) is 8.29. The predicted molar refractivity (Wildman–Crippen MR) is 85.5 cm³/mol. The second-order valence-corrected chi connectivity index (χ2v) is 6.45. The van der Waals surface area contributed by atoms with Gasteiger partial charge in [-0.2, -0.15) is 0 Å². The van der Waals surface area contributed by atoms with Crippen molar-refractivity contribution in [3.05, 3.63) is 36.0 Å². The van der Waals surface area contributed by atoms with Crippen LogP contribution in [0.25, 0.3) is 10.9 Å². The average Bonchev–Trinajstić information content (AvgIpc) is 3.30. The van der Waals surface area contributed by atoms with Crippen LogP contribution >= 0.6 is 0 Å². The first-order valence-corrected chi connectivity index (χ1v) is 8.29. The summed E-state index contributed by atoms with van der Waals surface area (Å²) in [7, 11) is 0. The van der Waals surface area contributed by atoms with Crippen LogP contribution in [0.15, 0.2) is 30.5 Å². The van der Waals surface area contributed by atoms with Gasteiger partial charge in [0, 0.05) is 30.9 Å². The molecule has 1 aliphatic heterocycles. The van der Waals surface area contributed by atoms with E-state index >= 15 is 0 Å². The van der Waals surface area contributed by atoms with Gasteiger partial charge in [-0.05, 0) is 61.3 Å². The topological polar surface area (TPSA) is 45.3 Å². The summed E-state index contributed by atoms with van der Waals surface area (Å²) >= 11 is 0. The van der Waals surface area contributed by atoms with Gasteiger partial charge >= 0.3 is 0 Å². The van der Waals surface area contributed by atoms with Crippen molar-refractivity contribution in [1.82, 2.24) is 9.88 Å². The molecular formula is C18H22N2O2. The van der Waals surface area contributed by atoms with Gasteiger partial charge in [0.1, 0.15) is 6.10 Å². The molecule has 0 bridgehead atoms. The zero-order chi connectivity index (χ0) is 14.9. The molecule has 4 nitrogen and oxygen atoms in total. The second kappa shape index (κ2) is 5.76. The molecule has 2 fully saturated rings. The molecule has 22 heavy (non-hydrogen) atoms. The molecule has 2 aromatic rings. The lowest BCUT2D eigenvalue weighted by molar-refractivity contribution is -0.147. The number of nitrogens with zero attached hydrogens (tertiary/aromatic N) is 1. The Labute approximate surface area is 130 Å². The van der Waals surface area contributed by atoms with E-state index in [0.29, 0.717) is 12.6 Å². The van der Waals surface area contributed by atoms with Crippen molar-refractivity contribution in [1.29, 1.82) is 0 Å². The number of hydrogen-bond donors (Lipinski definition) is 1. The van der Waals surface area contributed by atoms with Crippen molar-refractivity contribution in [3.8, 4) is 0 Å². The zero-order valence-electron chi connectivity index (χ0n) is 12.8. The second-order valence-electron chi connectivity index (χ2n) is 6.45. The van der Waals surface area contributed by atoms with E-state index in [1.165, 1.54) is 10.9 Å². The van der Waals surface area contributed by atoms with Crippen LogP contribution in [-0.4, -0.2) is 34.5 Å². The Kier molecular flexibility index (Phi) is 3.62. The Hall–Kier alpha value is -1.81. The summed E-state index contributed by atoms with van der Waals surface area (Å²) in [5.74, 6) is 0.191. The van der Waals surface area contributed by atoms with Crippen LogP contribution in [0, 0.1) is 0 Å².